The molecule has 2 aromatic carbocycles. The zero-order valence-electron chi connectivity index (χ0n) is 15.9. The highest BCUT2D eigenvalue weighted by Gasteiger charge is 2.13. The normalized spacial score (nSPS) is 11.4. The van der Waals surface area contributed by atoms with E-state index < -0.39 is 0 Å². The molecular weight excluding hydrogens is 310 g/mol. The maximum absolute atomic E-state index is 12.2. The van der Waals surface area contributed by atoms with Crippen molar-refractivity contribution < 1.29 is 9.53 Å². The van der Waals surface area contributed by atoms with Gasteiger partial charge in [0.2, 0.25) is 5.91 Å². The van der Waals surface area contributed by atoms with Gasteiger partial charge in [-0.1, -0.05) is 65.0 Å². The molecule has 25 heavy (non-hydrogen) atoms. The molecule has 1 N–H and O–H groups in total. The van der Waals surface area contributed by atoms with Gasteiger partial charge in [-0.3, -0.25) is 4.79 Å². The molecule has 0 radical (unpaired) electrons. The molecular formula is C22H29NO2. The van der Waals surface area contributed by atoms with Crippen LogP contribution in [0.15, 0.2) is 48.5 Å². The highest BCUT2D eigenvalue weighted by Crippen LogP contribution is 2.25. The van der Waals surface area contributed by atoms with Gasteiger partial charge in [0.15, 0.2) is 0 Å². The Labute approximate surface area is 151 Å². The van der Waals surface area contributed by atoms with E-state index in [-0.39, 0.29) is 11.3 Å². The van der Waals surface area contributed by atoms with Gasteiger partial charge in [-0.15, -0.1) is 0 Å². The van der Waals surface area contributed by atoms with Gasteiger partial charge in [0.05, 0.1) is 13.0 Å². The Morgan fingerprint density at radius 3 is 2.28 bits per heavy atom. The van der Waals surface area contributed by atoms with Gasteiger partial charge in [0, 0.05) is 5.69 Å². The van der Waals surface area contributed by atoms with Gasteiger partial charge in [-0.2, -0.15) is 0 Å². The van der Waals surface area contributed by atoms with Crippen molar-refractivity contribution in [2.24, 2.45) is 0 Å². The predicted octanol–water partition coefficient (Wildman–Crippen LogP) is 5.52. The Bertz CT molecular complexity index is 697. The van der Waals surface area contributed by atoms with Crippen molar-refractivity contribution in [1.29, 1.82) is 0 Å². The molecule has 0 fully saturated rings. The average molecular weight is 339 g/mol. The number of benzene rings is 2. The first-order valence-corrected chi connectivity index (χ1v) is 8.89. The molecule has 0 aliphatic rings. The summed E-state index contributed by atoms with van der Waals surface area (Å²) in [7, 11) is 0. The van der Waals surface area contributed by atoms with E-state index in [1.165, 1.54) is 5.56 Å². The minimum absolute atomic E-state index is 0.0283. The van der Waals surface area contributed by atoms with E-state index in [2.05, 4.69) is 52.1 Å². The van der Waals surface area contributed by atoms with E-state index >= 15 is 0 Å². The lowest BCUT2D eigenvalue weighted by atomic mass is 9.87. The molecule has 0 spiro atoms. The molecule has 0 heterocycles. The minimum Gasteiger partial charge on any atom is -0.493 e. The number of nitrogens with one attached hydrogen (secondary N) is 1. The van der Waals surface area contributed by atoms with Crippen LogP contribution < -0.4 is 10.1 Å². The summed E-state index contributed by atoms with van der Waals surface area (Å²) in [6, 6.07) is 16.0. The van der Waals surface area contributed by atoms with E-state index in [1.807, 2.05) is 36.4 Å². The Morgan fingerprint density at radius 1 is 1.04 bits per heavy atom. The van der Waals surface area contributed by atoms with Crippen LogP contribution in [0.3, 0.4) is 0 Å². The van der Waals surface area contributed by atoms with Gasteiger partial charge in [-0.25, -0.2) is 0 Å². The predicted molar refractivity (Wildman–Crippen MR) is 104 cm³/mol. The Kier molecular flexibility index (Phi) is 6.24. The Balaban J connectivity index is 1.85. The molecule has 0 bridgehead atoms. The first-order valence-electron chi connectivity index (χ1n) is 8.89. The van der Waals surface area contributed by atoms with Crippen LogP contribution in [0.1, 0.15) is 58.1 Å². The first-order chi connectivity index (χ1) is 11.8. The molecule has 0 aromatic heterocycles. The van der Waals surface area contributed by atoms with Crippen LogP contribution in [-0.2, 0) is 10.2 Å². The lowest BCUT2D eigenvalue weighted by Crippen LogP contribution is -2.16. The number of para-hydroxylation sites is 1. The van der Waals surface area contributed by atoms with Crippen LogP contribution in [-0.4, -0.2) is 12.5 Å². The van der Waals surface area contributed by atoms with Crippen LogP contribution in [0.5, 0.6) is 5.75 Å². The van der Waals surface area contributed by atoms with Crippen molar-refractivity contribution in [2.45, 2.75) is 52.4 Å². The Morgan fingerprint density at radius 2 is 1.68 bits per heavy atom. The van der Waals surface area contributed by atoms with Crippen molar-refractivity contribution in [3.05, 3.63) is 59.7 Å². The Hall–Kier alpha value is -2.29. The van der Waals surface area contributed by atoms with Crippen LogP contribution in [0.4, 0.5) is 5.69 Å². The molecule has 134 valence electrons. The van der Waals surface area contributed by atoms with E-state index in [4.69, 9.17) is 4.74 Å². The van der Waals surface area contributed by atoms with Gasteiger partial charge >= 0.3 is 0 Å². The molecule has 0 aliphatic heterocycles. The molecule has 0 unspecified atom stereocenters. The molecule has 3 heteroatoms. The zero-order valence-corrected chi connectivity index (χ0v) is 15.9. The van der Waals surface area contributed by atoms with E-state index in [0.29, 0.717) is 18.9 Å². The third-order valence-corrected chi connectivity index (χ3v) is 4.18. The van der Waals surface area contributed by atoms with Crippen LogP contribution in [0.25, 0.3) is 0 Å². The van der Waals surface area contributed by atoms with Gasteiger partial charge in [-0.05, 0) is 40.7 Å². The number of hydrogen-bond acceptors (Lipinski definition) is 2. The summed E-state index contributed by atoms with van der Waals surface area (Å²) in [4.78, 5) is 12.2. The zero-order chi connectivity index (χ0) is 18.4. The van der Waals surface area contributed by atoms with Crippen molar-refractivity contribution in [3.63, 3.8) is 0 Å². The van der Waals surface area contributed by atoms with E-state index in [9.17, 15) is 4.79 Å². The number of rotatable bonds is 6. The molecule has 0 saturated heterocycles. The van der Waals surface area contributed by atoms with E-state index in [1.54, 1.807) is 0 Å². The van der Waals surface area contributed by atoms with Gasteiger partial charge in [0.25, 0.3) is 0 Å². The summed E-state index contributed by atoms with van der Waals surface area (Å²) >= 11 is 0. The number of carbonyl (C=O) groups excluding carboxylic acids is 1. The summed E-state index contributed by atoms with van der Waals surface area (Å²) in [6.45, 7) is 11.2. The number of amides is 1. The number of ether oxygens (including phenoxy) is 1. The number of hydrogen-bond donors (Lipinski definition) is 1. The maximum atomic E-state index is 12.2. The second-order valence-corrected chi connectivity index (χ2v) is 7.66. The molecule has 0 saturated carbocycles. The minimum atomic E-state index is -0.0283. The third-order valence-electron chi connectivity index (χ3n) is 4.18. The fraction of sp³-hybridized carbons (Fsp3) is 0.409. The SMILES string of the molecule is CC(C)c1ccccc1NC(=O)CCOc1ccc(C(C)(C)C)cc1. The van der Waals surface area contributed by atoms with Gasteiger partial charge < -0.3 is 10.1 Å². The van der Waals surface area contributed by atoms with Crippen molar-refractivity contribution in [3.8, 4) is 5.75 Å². The van der Waals surface area contributed by atoms with Crippen molar-refractivity contribution >= 4 is 11.6 Å². The largest absolute Gasteiger partial charge is 0.493 e. The van der Waals surface area contributed by atoms with E-state index in [0.717, 1.165) is 17.0 Å². The molecule has 0 aliphatic carbocycles. The molecule has 3 nitrogen and oxygen atoms in total. The smallest absolute Gasteiger partial charge is 0.227 e. The first kappa shape index (κ1) is 19.0. The monoisotopic (exact) mass is 339 g/mol. The van der Waals surface area contributed by atoms with Crippen LogP contribution in [0, 0.1) is 0 Å². The second kappa shape index (κ2) is 8.19. The summed E-state index contributed by atoms with van der Waals surface area (Å²) in [5.74, 6) is 1.14. The lowest BCUT2D eigenvalue weighted by molar-refractivity contribution is -0.116. The highest BCUT2D eigenvalue weighted by atomic mass is 16.5. The summed E-state index contributed by atoms with van der Waals surface area (Å²) < 4.78 is 5.70. The topological polar surface area (TPSA) is 38.3 Å². The molecule has 2 rings (SSSR count). The van der Waals surface area contributed by atoms with Crippen molar-refractivity contribution in [1.82, 2.24) is 0 Å². The number of anilines is 1. The lowest BCUT2D eigenvalue weighted by Gasteiger charge is -2.19. The average Bonchev–Trinajstić information content (AvgIpc) is 2.55. The summed E-state index contributed by atoms with van der Waals surface area (Å²) in [5.41, 5.74) is 3.43. The fourth-order valence-corrected chi connectivity index (χ4v) is 2.64. The van der Waals surface area contributed by atoms with Crippen molar-refractivity contribution in [2.75, 3.05) is 11.9 Å². The highest BCUT2D eigenvalue weighted by molar-refractivity contribution is 5.91. The quantitative estimate of drug-likeness (QED) is 0.753. The van der Waals surface area contributed by atoms with Crippen LogP contribution >= 0.6 is 0 Å². The van der Waals surface area contributed by atoms with Crippen LogP contribution in [0.2, 0.25) is 0 Å². The number of carbonyl (C=O) groups is 1. The second-order valence-electron chi connectivity index (χ2n) is 7.66. The molecule has 0 atom stereocenters. The maximum Gasteiger partial charge on any atom is 0.227 e. The van der Waals surface area contributed by atoms with Gasteiger partial charge in [0.1, 0.15) is 5.75 Å². The molecule has 2 aromatic rings. The third kappa shape index (κ3) is 5.63. The summed E-state index contributed by atoms with van der Waals surface area (Å²) in [6.07, 6.45) is 0.327. The standard InChI is InChI=1S/C22H29NO2/c1-16(2)19-8-6-7-9-20(19)23-21(24)14-15-25-18-12-10-17(11-13-18)22(3,4)5/h6-13,16H,14-15H2,1-5H3,(H,23,24). The fourth-order valence-electron chi connectivity index (χ4n) is 2.64. The molecule has 1 amide bonds. The summed E-state index contributed by atoms with van der Waals surface area (Å²) in [5, 5.41) is 2.99.